The molecule has 1 aliphatic heterocycles. The van der Waals surface area contributed by atoms with Gasteiger partial charge in [-0.1, -0.05) is 36.4 Å². The number of epoxide rings is 1. The van der Waals surface area contributed by atoms with Gasteiger partial charge in [0.1, 0.15) is 5.60 Å². The Morgan fingerprint density at radius 1 is 0.852 bits per heavy atom. The molecule has 27 heavy (non-hydrogen) atoms. The molecule has 1 unspecified atom stereocenters. The van der Waals surface area contributed by atoms with E-state index in [-0.39, 0.29) is 49.5 Å². The maximum absolute atomic E-state index is 11.8. The van der Waals surface area contributed by atoms with E-state index >= 15 is 0 Å². The molecule has 1 heterocycles. The van der Waals surface area contributed by atoms with E-state index in [0.717, 1.165) is 7.11 Å². The first-order valence-electron chi connectivity index (χ1n) is 8.06. The Morgan fingerprint density at radius 3 is 1.30 bits per heavy atom. The molecule has 1 saturated heterocycles. The van der Waals surface area contributed by atoms with Crippen LogP contribution >= 0.6 is 0 Å². The Morgan fingerprint density at radius 2 is 1.19 bits per heavy atom. The Kier molecular flexibility index (Phi) is 12.8. The van der Waals surface area contributed by atoms with Gasteiger partial charge >= 0.3 is 0 Å². The second-order valence-electron chi connectivity index (χ2n) is 6.71. The third kappa shape index (κ3) is 8.46. The molecule has 0 bridgehead atoms. The van der Waals surface area contributed by atoms with Crippen molar-refractivity contribution < 1.29 is 64.8 Å². The molecule has 1 radical (unpaired) electrons. The summed E-state index contributed by atoms with van der Waals surface area (Å²) in [5, 5.41) is 0. The van der Waals surface area contributed by atoms with E-state index in [1.165, 1.54) is 0 Å². The predicted octanol–water partition coefficient (Wildman–Crippen LogP) is 4.99. The van der Waals surface area contributed by atoms with E-state index in [1.807, 2.05) is 36.4 Å². The molecule has 1 fully saturated rings. The minimum atomic E-state index is -3.92. The van der Waals surface area contributed by atoms with Crippen molar-refractivity contribution in [2.24, 2.45) is 0 Å². The summed E-state index contributed by atoms with van der Waals surface area (Å²) in [4.78, 5) is 0. The summed E-state index contributed by atoms with van der Waals surface area (Å²) in [6, 6.07) is 12.0. The van der Waals surface area contributed by atoms with Crippen molar-refractivity contribution in [3.8, 4) is 0 Å². The number of benzene rings is 1. The molecule has 4 nitrogen and oxygen atoms in total. The van der Waals surface area contributed by atoms with Crippen LogP contribution in [0.1, 0.15) is 34.6 Å². The Balaban J connectivity index is 0. The molecule has 1 atom stereocenters. The standard InChI is InChI=1S/C9H18O2.C6H6.C4H6F3O2.Y/c1-7(2,10-6)9(5)8(3,4)11-9;1-2-4-6-5-3-1;1-8-3(5)4(6,7)9-2;/h1-6H3;1-6H;1-2H3;/q;;-1;. The number of methoxy groups -OCH3 is 3. The monoisotopic (exact) mass is 468 g/mol. The minimum absolute atomic E-state index is 0. The van der Waals surface area contributed by atoms with Gasteiger partial charge in [0.25, 0.3) is 6.11 Å². The van der Waals surface area contributed by atoms with Crippen molar-refractivity contribution in [3.05, 3.63) is 42.8 Å². The van der Waals surface area contributed by atoms with Crippen molar-refractivity contribution in [3.63, 3.8) is 0 Å². The molecule has 0 aromatic heterocycles. The van der Waals surface area contributed by atoms with Gasteiger partial charge in [-0.25, -0.2) is 8.78 Å². The fourth-order valence-electron chi connectivity index (χ4n) is 2.11. The number of hydrogen-bond acceptors (Lipinski definition) is 4. The van der Waals surface area contributed by atoms with Gasteiger partial charge in [0, 0.05) is 54.0 Å². The van der Waals surface area contributed by atoms with E-state index in [1.54, 1.807) is 7.11 Å². The third-order valence-electron chi connectivity index (χ3n) is 4.56. The van der Waals surface area contributed by atoms with Crippen LogP contribution in [0.2, 0.25) is 0 Å². The van der Waals surface area contributed by atoms with Gasteiger partial charge in [0.2, 0.25) is 0 Å². The number of ether oxygens (including phenoxy) is 4. The van der Waals surface area contributed by atoms with Gasteiger partial charge in [0.05, 0.1) is 17.6 Å². The number of halogens is 3. The third-order valence-corrected chi connectivity index (χ3v) is 4.56. The van der Waals surface area contributed by atoms with Crippen LogP contribution in [-0.2, 0) is 51.7 Å². The predicted molar refractivity (Wildman–Crippen MR) is 94.4 cm³/mol. The van der Waals surface area contributed by atoms with Crippen LogP contribution in [0.25, 0.3) is 0 Å². The van der Waals surface area contributed by atoms with Crippen LogP contribution in [-0.4, -0.2) is 44.2 Å². The second-order valence-corrected chi connectivity index (χ2v) is 6.71. The van der Waals surface area contributed by atoms with Crippen LogP contribution in [0.5, 0.6) is 0 Å². The van der Waals surface area contributed by atoms with Crippen molar-refractivity contribution in [1.29, 1.82) is 0 Å². The van der Waals surface area contributed by atoms with Crippen molar-refractivity contribution in [2.75, 3.05) is 21.3 Å². The summed E-state index contributed by atoms with van der Waals surface area (Å²) in [5.74, 6) is 0. The van der Waals surface area contributed by atoms with Crippen molar-refractivity contribution >= 4 is 0 Å². The first-order chi connectivity index (χ1) is 11.8. The molecular weight excluding hydrogens is 438 g/mol. The molecule has 0 N–H and O–H groups in total. The molecular formula is C19H30F3O4Y-. The fraction of sp³-hybridized carbons (Fsp3) is 0.632. The smallest absolute Gasteiger partial charge is 0.284 e. The maximum atomic E-state index is 11.8. The SMILES string of the molecule is COC(C)(C)C1(C)OC1(C)C.CO[C-](F)C(F)(F)OC.[Y].c1ccccc1. The van der Waals surface area contributed by atoms with Gasteiger partial charge in [-0.3, -0.25) is 0 Å². The topological polar surface area (TPSA) is 40.2 Å². The van der Waals surface area contributed by atoms with Crippen LogP contribution in [0.15, 0.2) is 36.4 Å². The molecule has 0 amide bonds. The summed E-state index contributed by atoms with van der Waals surface area (Å²) >= 11 is 0. The average molecular weight is 468 g/mol. The fourth-order valence-corrected chi connectivity index (χ4v) is 2.11. The summed E-state index contributed by atoms with van der Waals surface area (Å²) < 4.78 is 53.3. The molecule has 1 aromatic carbocycles. The molecule has 0 aliphatic carbocycles. The maximum Gasteiger partial charge on any atom is 0.284 e. The van der Waals surface area contributed by atoms with E-state index in [9.17, 15) is 13.2 Å². The van der Waals surface area contributed by atoms with E-state index in [2.05, 4.69) is 44.1 Å². The van der Waals surface area contributed by atoms with Crippen LogP contribution in [0.4, 0.5) is 13.2 Å². The number of hydrogen-bond donors (Lipinski definition) is 0. The molecule has 1 aliphatic rings. The molecule has 8 heteroatoms. The molecule has 0 saturated carbocycles. The first kappa shape index (κ1) is 29.2. The van der Waals surface area contributed by atoms with Gasteiger partial charge in [-0.05, 0) is 34.6 Å². The Labute approximate surface area is 186 Å². The minimum Gasteiger partial charge on any atom is -0.512 e. The summed E-state index contributed by atoms with van der Waals surface area (Å²) in [5.41, 5.74) is -0.363. The van der Waals surface area contributed by atoms with Crippen molar-refractivity contribution in [1.82, 2.24) is 0 Å². The first-order valence-corrected chi connectivity index (χ1v) is 8.06. The summed E-state index contributed by atoms with van der Waals surface area (Å²) in [6.45, 7) is 10.4. The van der Waals surface area contributed by atoms with Crippen LogP contribution < -0.4 is 0 Å². The normalized spacial score (nSPS) is 20.4. The second kappa shape index (κ2) is 11.8. The zero-order valence-electron chi connectivity index (χ0n) is 17.3. The van der Waals surface area contributed by atoms with Gasteiger partial charge in [0.15, 0.2) is 0 Å². The van der Waals surface area contributed by atoms with Gasteiger partial charge in [-0.15, -0.1) is 0 Å². The largest absolute Gasteiger partial charge is 0.512 e. The zero-order chi connectivity index (χ0) is 20.6. The Hall–Kier alpha value is -0.0461. The number of alkyl halides is 2. The zero-order valence-corrected chi connectivity index (χ0v) is 20.1. The van der Waals surface area contributed by atoms with E-state index in [0.29, 0.717) is 7.11 Å². The van der Waals surface area contributed by atoms with Gasteiger partial charge in [-0.2, -0.15) is 0 Å². The molecule has 1 aromatic rings. The Bertz CT molecular complexity index is 488. The van der Waals surface area contributed by atoms with Crippen molar-refractivity contribution in [2.45, 2.75) is 57.5 Å². The van der Waals surface area contributed by atoms with Crippen LogP contribution in [0.3, 0.4) is 0 Å². The van der Waals surface area contributed by atoms with Gasteiger partial charge < -0.3 is 23.3 Å². The molecule has 2 rings (SSSR count). The van der Waals surface area contributed by atoms with E-state index in [4.69, 9.17) is 9.47 Å². The summed E-state index contributed by atoms with van der Waals surface area (Å²) in [7, 11) is 3.20. The van der Waals surface area contributed by atoms with Crippen LogP contribution in [0, 0.1) is 6.36 Å². The van der Waals surface area contributed by atoms with E-state index < -0.39 is 12.5 Å². The molecule has 155 valence electrons. The average Bonchev–Trinajstić information content (AvgIpc) is 3.16. The molecule has 0 spiro atoms. The number of rotatable bonds is 5. The quantitative estimate of drug-likeness (QED) is 0.451. The summed E-state index contributed by atoms with van der Waals surface area (Å²) in [6.07, 6.45) is -5.86.